The molecule has 1 unspecified atom stereocenters. The minimum Gasteiger partial charge on any atom is -0.247 e. The Kier molecular flexibility index (Phi) is 3.21. The fraction of sp³-hybridized carbons (Fsp3) is 0.667. The van der Waals surface area contributed by atoms with Crippen LogP contribution in [-0.4, -0.2) is 33.9 Å². The maximum absolute atomic E-state index is 11.5. The van der Waals surface area contributed by atoms with Crippen LogP contribution in [0, 0.1) is 11.3 Å². The zero-order chi connectivity index (χ0) is 11.5. The quantitative estimate of drug-likeness (QED) is 0.728. The smallest absolute Gasteiger partial charge is 0.247 e. The third-order valence-corrected chi connectivity index (χ3v) is 3.29. The Morgan fingerprint density at radius 1 is 1.67 bits per heavy atom. The first-order valence-corrected chi connectivity index (χ1v) is 5.69. The van der Waals surface area contributed by atoms with Crippen LogP contribution in [0.4, 0.5) is 5.95 Å². The molecule has 1 heterocycles. The number of nitrogens with zero attached hydrogens (tertiary/aromatic N) is 5. The van der Waals surface area contributed by atoms with Crippen LogP contribution in [0.1, 0.15) is 13.3 Å². The number of hydrogen-bond acceptors (Lipinski definition) is 6. The van der Waals surface area contributed by atoms with E-state index in [0.29, 0.717) is 0 Å². The van der Waals surface area contributed by atoms with Crippen LogP contribution in [0.3, 0.4) is 0 Å². The van der Waals surface area contributed by atoms with Crippen LogP contribution in [0.25, 0.3) is 0 Å². The van der Waals surface area contributed by atoms with Gasteiger partial charge < -0.3 is 0 Å². The minimum atomic E-state index is -3.75. The van der Waals surface area contributed by atoms with E-state index < -0.39 is 15.3 Å². The van der Waals surface area contributed by atoms with E-state index in [1.165, 1.54) is 7.05 Å². The van der Waals surface area contributed by atoms with Crippen molar-refractivity contribution < 1.29 is 8.42 Å². The van der Waals surface area contributed by atoms with Crippen molar-refractivity contribution in [2.75, 3.05) is 4.72 Å². The van der Waals surface area contributed by atoms with Gasteiger partial charge in [0.25, 0.3) is 16.0 Å². The molecule has 0 aromatic carbocycles. The summed E-state index contributed by atoms with van der Waals surface area (Å²) in [7, 11) is -2.25. The van der Waals surface area contributed by atoms with Gasteiger partial charge in [-0.1, -0.05) is 12.0 Å². The van der Waals surface area contributed by atoms with Gasteiger partial charge in [-0.05, 0) is 11.6 Å². The van der Waals surface area contributed by atoms with Gasteiger partial charge in [-0.2, -0.15) is 10.1 Å². The lowest BCUT2D eigenvalue weighted by molar-refractivity contribution is 0.592. The molecule has 1 rings (SSSR count). The Morgan fingerprint density at radius 3 is 2.73 bits per heavy atom. The van der Waals surface area contributed by atoms with Crippen molar-refractivity contribution in [3.63, 3.8) is 0 Å². The van der Waals surface area contributed by atoms with E-state index in [4.69, 9.17) is 5.26 Å². The second kappa shape index (κ2) is 4.22. The van der Waals surface area contributed by atoms with Crippen LogP contribution >= 0.6 is 0 Å². The second-order valence-electron chi connectivity index (χ2n) is 2.78. The lowest BCUT2D eigenvalue weighted by Gasteiger charge is -2.06. The third kappa shape index (κ3) is 2.63. The zero-order valence-corrected chi connectivity index (χ0v) is 9.06. The van der Waals surface area contributed by atoms with Gasteiger partial charge in [-0.15, -0.1) is 5.10 Å². The highest BCUT2D eigenvalue weighted by molar-refractivity contribution is 7.93. The van der Waals surface area contributed by atoms with Crippen LogP contribution in [0.15, 0.2) is 0 Å². The molecule has 0 aliphatic rings. The molecule has 0 spiro atoms. The molecular formula is C6H10N6O2S. The summed E-state index contributed by atoms with van der Waals surface area (Å²) in [5.74, 6) is -0.133. The number of tetrazole rings is 1. The van der Waals surface area contributed by atoms with Crippen molar-refractivity contribution in [3.05, 3.63) is 0 Å². The first-order valence-electron chi connectivity index (χ1n) is 4.15. The van der Waals surface area contributed by atoms with E-state index >= 15 is 0 Å². The lowest BCUT2D eigenvalue weighted by atomic mass is 10.4. The van der Waals surface area contributed by atoms with Crippen LogP contribution < -0.4 is 4.72 Å². The molecule has 15 heavy (non-hydrogen) atoms. The second-order valence-corrected chi connectivity index (χ2v) is 4.64. The standard InChI is InChI=1S/C6H10N6O2S/c1-3-5(4-7)15(13,14)10-6-8-11-12(2)9-6/h5H,3H2,1-2H3,(H,9,10). The summed E-state index contributed by atoms with van der Waals surface area (Å²) >= 11 is 0. The van der Waals surface area contributed by atoms with Gasteiger partial charge in [0.05, 0.1) is 13.1 Å². The summed E-state index contributed by atoms with van der Waals surface area (Å²) in [4.78, 5) is 1.12. The molecule has 1 aromatic rings. The Labute approximate surface area is 86.9 Å². The summed E-state index contributed by atoms with van der Waals surface area (Å²) < 4.78 is 25.1. The number of anilines is 1. The van der Waals surface area contributed by atoms with E-state index in [1.54, 1.807) is 13.0 Å². The van der Waals surface area contributed by atoms with E-state index in [-0.39, 0.29) is 12.4 Å². The first kappa shape index (κ1) is 11.4. The highest BCUT2D eigenvalue weighted by Crippen LogP contribution is 2.07. The molecule has 0 aliphatic heterocycles. The summed E-state index contributed by atoms with van der Waals surface area (Å²) in [5.41, 5.74) is 0. The van der Waals surface area contributed by atoms with E-state index in [1.807, 2.05) is 0 Å². The fourth-order valence-electron chi connectivity index (χ4n) is 0.903. The van der Waals surface area contributed by atoms with Crippen molar-refractivity contribution in [1.29, 1.82) is 5.26 Å². The molecule has 82 valence electrons. The van der Waals surface area contributed by atoms with Gasteiger partial charge in [-0.3, -0.25) is 0 Å². The Bertz CT molecular complexity index is 472. The van der Waals surface area contributed by atoms with Gasteiger partial charge in [0.1, 0.15) is 0 Å². The molecule has 0 radical (unpaired) electrons. The number of hydrogen-bond donors (Lipinski definition) is 1. The highest BCUT2D eigenvalue weighted by atomic mass is 32.2. The summed E-state index contributed by atoms with van der Waals surface area (Å²) in [6.07, 6.45) is 0.200. The highest BCUT2D eigenvalue weighted by Gasteiger charge is 2.24. The zero-order valence-electron chi connectivity index (χ0n) is 8.25. The molecule has 0 saturated heterocycles. The van der Waals surface area contributed by atoms with Gasteiger partial charge in [-0.25, -0.2) is 13.1 Å². The van der Waals surface area contributed by atoms with Crippen molar-refractivity contribution in [2.45, 2.75) is 18.6 Å². The predicted octanol–water partition coefficient (Wildman–Crippen LogP) is -0.746. The Morgan fingerprint density at radius 2 is 2.33 bits per heavy atom. The number of nitrogens with one attached hydrogen (secondary N) is 1. The van der Waals surface area contributed by atoms with E-state index in [0.717, 1.165) is 4.80 Å². The molecule has 0 fully saturated rings. The molecule has 1 N–H and O–H groups in total. The first-order chi connectivity index (χ1) is 6.99. The van der Waals surface area contributed by atoms with Crippen molar-refractivity contribution in [1.82, 2.24) is 20.2 Å². The van der Waals surface area contributed by atoms with Crippen molar-refractivity contribution in [2.24, 2.45) is 7.05 Å². The van der Waals surface area contributed by atoms with Gasteiger partial charge in [0.2, 0.25) is 0 Å². The van der Waals surface area contributed by atoms with Crippen molar-refractivity contribution >= 4 is 16.0 Å². The number of sulfonamides is 1. The molecule has 0 bridgehead atoms. The number of nitriles is 1. The molecule has 0 saturated carbocycles. The molecule has 1 atom stereocenters. The van der Waals surface area contributed by atoms with Crippen molar-refractivity contribution in [3.8, 4) is 6.07 Å². The topological polar surface area (TPSA) is 114 Å². The average Bonchev–Trinajstić information content (AvgIpc) is 2.51. The lowest BCUT2D eigenvalue weighted by Crippen LogP contribution is -2.26. The summed E-state index contributed by atoms with van der Waals surface area (Å²) in [5, 5.41) is 18.1. The minimum absolute atomic E-state index is 0.133. The maximum atomic E-state index is 11.5. The van der Waals surface area contributed by atoms with Crippen LogP contribution in [0.2, 0.25) is 0 Å². The number of aromatic nitrogens is 4. The largest absolute Gasteiger partial charge is 0.276 e. The normalized spacial score (nSPS) is 13.1. The average molecular weight is 230 g/mol. The van der Waals surface area contributed by atoms with E-state index in [2.05, 4.69) is 20.1 Å². The Balaban J connectivity index is 2.86. The predicted molar refractivity (Wildman–Crippen MR) is 51.0 cm³/mol. The Hall–Kier alpha value is -1.69. The molecule has 0 amide bonds. The molecular weight excluding hydrogens is 220 g/mol. The van der Waals surface area contributed by atoms with Crippen LogP contribution in [0.5, 0.6) is 0 Å². The van der Waals surface area contributed by atoms with E-state index in [9.17, 15) is 8.42 Å². The van der Waals surface area contributed by atoms with Gasteiger partial charge >= 0.3 is 0 Å². The molecule has 0 aliphatic carbocycles. The molecule has 8 nitrogen and oxygen atoms in total. The molecule has 1 aromatic heterocycles. The maximum Gasteiger partial charge on any atom is 0.276 e. The summed E-state index contributed by atoms with van der Waals surface area (Å²) in [6.45, 7) is 1.61. The van der Waals surface area contributed by atoms with Crippen LogP contribution in [-0.2, 0) is 17.1 Å². The SMILES string of the molecule is CCC(C#N)S(=O)(=O)Nc1nnn(C)n1. The van der Waals surface area contributed by atoms with Gasteiger partial charge in [0.15, 0.2) is 5.25 Å². The fourth-order valence-corrected chi connectivity index (χ4v) is 1.96. The van der Waals surface area contributed by atoms with Gasteiger partial charge in [0, 0.05) is 0 Å². The number of rotatable bonds is 4. The summed E-state index contributed by atoms with van der Waals surface area (Å²) in [6, 6.07) is 1.69. The monoisotopic (exact) mass is 230 g/mol. The molecule has 9 heteroatoms. The number of aryl methyl sites for hydroxylation is 1. The third-order valence-electron chi connectivity index (χ3n) is 1.63.